The van der Waals surface area contributed by atoms with E-state index in [-0.39, 0.29) is 6.10 Å². The van der Waals surface area contributed by atoms with Crippen LogP contribution in [-0.4, -0.2) is 9.67 Å². The topological polar surface area (TPSA) is 25.2 Å². The van der Waals surface area contributed by atoms with E-state index < -0.39 is 0 Å². The Morgan fingerprint density at radius 2 is 1.81 bits per heavy atom. The first-order valence-corrected chi connectivity index (χ1v) is 7.98. The molecule has 0 aliphatic heterocycles. The largest absolute Gasteiger partial charge is 0.388 e. The van der Waals surface area contributed by atoms with Gasteiger partial charge >= 0.3 is 0 Å². The zero-order valence-electron chi connectivity index (χ0n) is 13.3. The Bertz CT molecular complexity index is 631. The Morgan fingerprint density at radius 3 is 2.52 bits per heavy atom. The molecule has 0 amide bonds. The van der Waals surface area contributed by atoms with E-state index >= 15 is 0 Å². The van der Waals surface area contributed by atoms with Crippen molar-refractivity contribution in [2.24, 2.45) is 0 Å². The number of aromatic nitrogens is 1. The van der Waals surface area contributed by atoms with Gasteiger partial charge in [-0.05, 0) is 62.3 Å². The van der Waals surface area contributed by atoms with E-state index in [1.54, 1.807) is 0 Å². The molecule has 1 aliphatic carbocycles. The molecule has 0 radical (unpaired) electrons. The molecule has 1 aromatic carbocycles. The van der Waals surface area contributed by atoms with Gasteiger partial charge in [0.2, 0.25) is 0 Å². The van der Waals surface area contributed by atoms with Crippen LogP contribution >= 0.6 is 0 Å². The first-order chi connectivity index (χ1) is 10.0. The van der Waals surface area contributed by atoms with Crippen LogP contribution in [0.2, 0.25) is 0 Å². The SMILES string of the molecule is Cc1cc(C)c(Cn2cc3c(c2)C(O)CCCC3)c(C)c1. The lowest BCUT2D eigenvalue weighted by molar-refractivity contribution is 0.166. The Labute approximate surface area is 127 Å². The standard InChI is InChI=1S/C19H25NO/c1-13-8-14(2)17(15(3)9-13)11-20-10-16-6-4-5-7-19(21)18(16)12-20/h8-10,12,19,21H,4-7,11H2,1-3H3. The summed E-state index contributed by atoms with van der Waals surface area (Å²) in [5.41, 5.74) is 7.93. The Hall–Kier alpha value is -1.54. The predicted octanol–water partition coefficient (Wildman–Crippen LogP) is 4.22. The molecule has 1 atom stereocenters. The molecule has 2 aromatic rings. The highest BCUT2D eigenvalue weighted by molar-refractivity contribution is 5.38. The molecule has 0 bridgehead atoms. The van der Waals surface area contributed by atoms with Crippen molar-refractivity contribution in [2.75, 3.05) is 0 Å². The molecular weight excluding hydrogens is 258 g/mol. The van der Waals surface area contributed by atoms with Crippen molar-refractivity contribution in [3.8, 4) is 0 Å². The van der Waals surface area contributed by atoms with E-state index in [9.17, 15) is 5.11 Å². The van der Waals surface area contributed by atoms with Gasteiger partial charge in [-0.3, -0.25) is 0 Å². The van der Waals surface area contributed by atoms with Crippen molar-refractivity contribution < 1.29 is 5.11 Å². The maximum atomic E-state index is 10.3. The zero-order chi connectivity index (χ0) is 15.0. The van der Waals surface area contributed by atoms with Crippen molar-refractivity contribution in [1.82, 2.24) is 4.57 Å². The van der Waals surface area contributed by atoms with Gasteiger partial charge in [-0.1, -0.05) is 24.1 Å². The molecule has 1 N–H and O–H groups in total. The van der Waals surface area contributed by atoms with Gasteiger partial charge in [0.15, 0.2) is 0 Å². The fourth-order valence-electron chi connectivity index (χ4n) is 3.62. The first kappa shape index (κ1) is 14.4. The Morgan fingerprint density at radius 1 is 1.10 bits per heavy atom. The molecule has 112 valence electrons. The van der Waals surface area contributed by atoms with Crippen LogP contribution in [-0.2, 0) is 13.0 Å². The van der Waals surface area contributed by atoms with Crippen molar-refractivity contribution in [2.45, 2.75) is 59.1 Å². The molecule has 1 heterocycles. The minimum absolute atomic E-state index is 0.274. The minimum atomic E-state index is -0.274. The molecular formula is C19H25NO. The summed E-state index contributed by atoms with van der Waals surface area (Å²) >= 11 is 0. The monoisotopic (exact) mass is 283 g/mol. The van der Waals surface area contributed by atoms with Gasteiger partial charge < -0.3 is 9.67 Å². The van der Waals surface area contributed by atoms with E-state index in [1.165, 1.54) is 34.2 Å². The van der Waals surface area contributed by atoms with Crippen LogP contribution < -0.4 is 0 Å². The normalized spacial score (nSPS) is 18.4. The fraction of sp³-hybridized carbons (Fsp3) is 0.474. The molecule has 1 aliphatic rings. The van der Waals surface area contributed by atoms with Gasteiger partial charge in [0.05, 0.1) is 6.10 Å². The summed E-state index contributed by atoms with van der Waals surface area (Å²) in [6.45, 7) is 7.44. The highest BCUT2D eigenvalue weighted by Gasteiger charge is 2.18. The number of aryl methyl sites for hydroxylation is 4. The van der Waals surface area contributed by atoms with Gasteiger partial charge in [-0.15, -0.1) is 0 Å². The van der Waals surface area contributed by atoms with Crippen molar-refractivity contribution in [3.63, 3.8) is 0 Å². The molecule has 2 heteroatoms. The molecule has 21 heavy (non-hydrogen) atoms. The van der Waals surface area contributed by atoms with Crippen LogP contribution in [0, 0.1) is 20.8 Å². The number of fused-ring (bicyclic) bond motifs is 1. The third kappa shape index (κ3) is 2.91. The van der Waals surface area contributed by atoms with E-state index in [0.29, 0.717) is 0 Å². The van der Waals surface area contributed by atoms with Crippen LogP contribution in [0.5, 0.6) is 0 Å². The van der Waals surface area contributed by atoms with Crippen LogP contribution in [0.15, 0.2) is 24.5 Å². The summed E-state index contributed by atoms with van der Waals surface area (Å²) < 4.78 is 2.25. The number of hydrogen-bond donors (Lipinski definition) is 1. The van der Waals surface area contributed by atoms with E-state index in [1.807, 2.05) is 0 Å². The van der Waals surface area contributed by atoms with Gasteiger partial charge in [0.1, 0.15) is 0 Å². The third-order valence-corrected chi connectivity index (χ3v) is 4.71. The highest BCUT2D eigenvalue weighted by Crippen LogP contribution is 2.30. The maximum Gasteiger partial charge on any atom is 0.0807 e. The van der Waals surface area contributed by atoms with Crippen LogP contribution in [0.25, 0.3) is 0 Å². The maximum absolute atomic E-state index is 10.3. The number of rotatable bonds is 2. The summed E-state index contributed by atoms with van der Waals surface area (Å²) in [7, 11) is 0. The zero-order valence-corrected chi connectivity index (χ0v) is 13.3. The summed E-state index contributed by atoms with van der Waals surface area (Å²) in [5.74, 6) is 0. The number of benzene rings is 1. The summed E-state index contributed by atoms with van der Waals surface area (Å²) in [4.78, 5) is 0. The average molecular weight is 283 g/mol. The molecule has 1 unspecified atom stereocenters. The van der Waals surface area contributed by atoms with Gasteiger partial charge in [0, 0.05) is 24.5 Å². The molecule has 0 spiro atoms. The lowest BCUT2D eigenvalue weighted by Crippen LogP contribution is -2.03. The smallest absolute Gasteiger partial charge is 0.0807 e. The van der Waals surface area contributed by atoms with Gasteiger partial charge in [-0.25, -0.2) is 0 Å². The predicted molar refractivity (Wildman–Crippen MR) is 86.7 cm³/mol. The second-order valence-electron chi connectivity index (χ2n) is 6.55. The molecule has 1 aromatic heterocycles. The number of aliphatic hydroxyl groups is 1. The second kappa shape index (κ2) is 5.69. The van der Waals surface area contributed by atoms with Gasteiger partial charge in [0.25, 0.3) is 0 Å². The minimum Gasteiger partial charge on any atom is -0.388 e. The Kier molecular flexibility index (Phi) is 3.90. The van der Waals surface area contributed by atoms with Crippen molar-refractivity contribution in [1.29, 1.82) is 0 Å². The highest BCUT2D eigenvalue weighted by atomic mass is 16.3. The average Bonchev–Trinajstić information content (AvgIpc) is 2.74. The van der Waals surface area contributed by atoms with Crippen molar-refractivity contribution >= 4 is 0 Å². The molecule has 0 fully saturated rings. The van der Waals surface area contributed by atoms with Crippen LogP contribution in [0.1, 0.15) is 58.7 Å². The summed E-state index contributed by atoms with van der Waals surface area (Å²) in [5, 5.41) is 10.3. The van der Waals surface area contributed by atoms with E-state index in [0.717, 1.165) is 31.4 Å². The summed E-state index contributed by atoms with van der Waals surface area (Å²) in [6, 6.07) is 4.51. The Balaban J connectivity index is 1.91. The molecule has 0 saturated carbocycles. The van der Waals surface area contributed by atoms with Crippen LogP contribution in [0.4, 0.5) is 0 Å². The van der Waals surface area contributed by atoms with Crippen molar-refractivity contribution in [3.05, 3.63) is 57.9 Å². The lowest BCUT2D eigenvalue weighted by Gasteiger charge is -2.12. The summed E-state index contributed by atoms with van der Waals surface area (Å²) in [6.07, 6.45) is 8.45. The fourth-order valence-corrected chi connectivity index (χ4v) is 3.62. The molecule has 0 saturated heterocycles. The number of aliphatic hydroxyl groups excluding tert-OH is 1. The number of hydrogen-bond acceptors (Lipinski definition) is 1. The third-order valence-electron chi connectivity index (χ3n) is 4.71. The quantitative estimate of drug-likeness (QED) is 0.820. The van der Waals surface area contributed by atoms with Crippen LogP contribution in [0.3, 0.4) is 0 Å². The second-order valence-corrected chi connectivity index (χ2v) is 6.55. The lowest BCUT2D eigenvalue weighted by atomic mass is 10.00. The first-order valence-electron chi connectivity index (χ1n) is 7.98. The molecule has 2 nitrogen and oxygen atoms in total. The molecule has 3 rings (SSSR count). The number of nitrogens with zero attached hydrogens (tertiary/aromatic N) is 1. The van der Waals surface area contributed by atoms with Gasteiger partial charge in [-0.2, -0.15) is 0 Å². The van der Waals surface area contributed by atoms with E-state index in [4.69, 9.17) is 0 Å². The van der Waals surface area contributed by atoms with E-state index in [2.05, 4.69) is 49.9 Å².